The summed E-state index contributed by atoms with van der Waals surface area (Å²) in [7, 11) is 11.3. The van der Waals surface area contributed by atoms with Gasteiger partial charge in [0.25, 0.3) is 11.8 Å². The highest BCUT2D eigenvalue weighted by Crippen LogP contribution is 2.40. The van der Waals surface area contributed by atoms with Crippen molar-refractivity contribution in [2.75, 3.05) is 80.3 Å². The van der Waals surface area contributed by atoms with E-state index in [9.17, 15) is 14.4 Å². The maximum Gasteiger partial charge on any atom is 0.265 e. The van der Waals surface area contributed by atoms with Gasteiger partial charge < -0.3 is 60.0 Å². The second-order valence-electron chi connectivity index (χ2n) is 25.8. The van der Waals surface area contributed by atoms with E-state index in [1.165, 1.54) is 68.1 Å². The summed E-state index contributed by atoms with van der Waals surface area (Å²) in [6, 6.07) is 48.7. The Morgan fingerprint density at radius 2 is 0.844 bits per heavy atom. The van der Waals surface area contributed by atoms with Crippen molar-refractivity contribution in [1.82, 2.24) is 40.9 Å². The van der Waals surface area contributed by atoms with Crippen LogP contribution in [0.3, 0.4) is 0 Å². The van der Waals surface area contributed by atoms with E-state index in [0.29, 0.717) is 23.3 Å². The summed E-state index contributed by atoms with van der Waals surface area (Å²) in [5.41, 5.74) is 9.15. The Kier molecular flexibility index (Phi) is 36.3. The van der Waals surface area contributed by atoms with Gasteiger partial charge in [-0.25, -0.2) is 4.98 Å². The molecule has 4 aromatic carbocycles. The number of thiophene rings is 5. The first-order valence-electron chi connectivity index (χ1n) is 36.4. The number of nitrogens with zero attached hydrogens (tertiary/aromatic N) is 3. The SMILES string of the molecule is CNCC[C@H](Oc1cccc2c1C(=O)N(C)C2=O)c1cccs1.CNCC[C@H](Oc1cccc2c1CC(=O)N2)c1cccs1.CNCC[C@H](Oc1cccc2c1CC=CC2)c1cccs1.CNCC[C@H](Oc1cccc2c1CCCC2)c1cccs1.CNCC[C@H](Oc1cccn2ccnc12)c1cccs1.S.S.S. The van der Waals surface area contributed by atoms with Crippen LogP contribution in [0.5, 0.6) is 28.7 Å². The van der Waals surface area contributed by atoms with Crippen LogP contribution in [0.25, 0.3) is 5.65 Å². The van der Waals surface area contributed by atoms with Crippen molar-refractivity contribution in [1.29, 1.82) is 0 Å². The van der Waals surface area contributed by atoms with Crippen molar-refractivity contribution < 1.29 is 38.1 Å². The van der Waals surface area contributed by atoms with Gasteiger partial charge in [0.05, 0.1) is 17.5 Å². The van der Waals surface area contributed by atoms with Crippen LogP contribution < -0.4 is 55.6 Å². The zero-order valence-corrected chi connectivity index (χ0v) is 69.8. The molecule has 0 bridgehead atoms. The number of imide groups is 1. The molecule has 109 heavy (non-hydrogen) atoms. The minimum Gasteiger partial charge on any atom is -0.485 e. The second-order valence-corrected chi connectivity index (χ2v) is 30.7. The van der Waals surface area contributed by atoms with Gasteiger partial charge in [0.15, 0.2) is 11.4 Å². The number of carbonyl (C=O) groups is 3. The molecular formula is C84H103N9O8S8. The first-order valence-corrected chi connectivity index (χ1v) is 40.8. The number of allylic oxidation sites excluding steroid dienone is 2. The van der Waals surface area contributed by atoms with Crippen LogP contribution in [0.1, 0.15) is 148 Å². The van der Waals surface area contributed by atoms with Crippen molar-refractivity contribution >= 4 is 126 Å². The van der Waals surface area contributed by atoms with E-state index in [2.05, 4.69) is 149 Å². The summed E-state index contributed by atoms with van der Waals surface area (Å²) in [6.07, 6.45) is 22.3. The number of anilines is 1. The Labute approximate surface area is 683 Å². The number of hydrogen-bond acceptors (Lipinski definition) is 19. The molecule has 25 heteroatoms. The van der Waals surface area contributed by atoms with E-state index in [1.807, 2.05) is 106 Å². The molecule has 2 aliphatic heterocycles. The number of hydrogen-bond donors (Lipinski definition) is 6. The summed E-state index contributed by atoms with van der Waals surface area (Å²) < 4.78 is 33.4. The number of aromatic nitrogens is 2. The maximum atomic E-state index is 12.3. The fourth-order valence-corrected chi connectivity index (χ4v) is 17.0. The smallest absolute Gasteiger partial charge is 0.265 e. The van der Waals surface area contributed by atoms with E-state index >= 15 is 0 Å². The highest BCUT2D eigenvalue weighted by atomic mass is 32.1. The monoisotopic (exact) mass is 1620 g/mol. The molecule has 0 saturated carbocycles. The number of amides is 3. The number of fused-ring (bicyclic) bond motifs is 5. The van der Waals surface area contributed by atoms with Crippen molar-refractivity contribution in [3.05, 3.63) is 267 Å². The molecule has 580 valence electrons. The standard InChI is InChI=1S/C18H23NOS.C18H21NOS.C17H18N2O3S.C16H18N2O2S.C15H17N3OS.3H2S/c2*1-19-12-11-17(18-10-5-13-21-18)20-16-9-4-7-14-6-2-3-8-15(14)16;1-18-9-8-12(14-7-4-10-23-14)22-13-6-3-5-11-15(13)17(21)19(2)16(11)20;1-17-8-7-14(15-6-3-9-21-15)20-13-5-2-4-12-11(13)10-16(19)18-12;1-16-7-6-12(14-5-3-11-20-14)19-13-4-2-9-18-10-8-17-15(13)18;;;/h4-5,7,9-10,13,17,19H,2-3,6,8,11-12H2,1H3;2-5,7,9-10,13,17,19H,6,8,11-12H2,1H3;3-7,10,12,18H,8-9H2,1-2H3;2-6,9,14,17H,7-8,10H2,1H3,(H,18,19);2-5,8-12,16H,6-7H2,1H3;3*1H2/t2*17-;12-;14-;12-;;;/m00000.../s1. The molecule has 3 amide bonds. The number of rotatable bonds is 30. The minimum absolute atomic E-state index is 0. The lowest BCUT2D eigenvalue weighted by molar-refractivity contribution is -0.115. The molecule has 9 heterocycles. The van der Waals surface area contributed by atoms with Gasteiger partial charge in [0.2, 0.25) is 5.91 Å². The molecule has 6 N–H and O–H groups in total. The predicted molar refractivity (Wildman–Crippen MR) is 465 cm³/mol. The number of benzene rings is 4. The fourth-order valence-electron chi connectivity index (χ4n) is 13.0. The Bertz CT molecular complexity index is 4430. The van der Waals surface area contributed by atoms with E-state index in [-0.39, 0.29) is 88.7 Å². The third-order valence-electron chi connectivity index (χ3n) is 18.5. The van der Waals surface area contributed by atoms with Crippen LogP contribution in [0.4, 0.5) is 5.69 Å². The zero-order chi connectivity index (χ0) is 73.8. The van der Waals surface area contributed by atoms with Crippen molar-refractivity contribution in [2.24, 2.45) is 0 Å². The summed E-state index contributed by atoms with van der Waals surface area (Å²) in [5, 5.41) is 29.2. The van der Waals surface area contributed by atoms with Gasteiger partial charge in [0.1, 0.15) is 53.5 Å². The highest BCUT2D eigenvalue weighted by molar-refractivity contribution is 7.59. The number of pyridine rings is 1. The normalized spacial score (nSPS) is 14.1. The topological polar surface area (TPSA) is 190 Å². The summed E-state index contributed by atoms with van der Waals surface area (Å²) in [5.74, 6) is 3.70. The van der Waals surface area contributed by atoms with Crippen LogP contribution in [-0.2, 0) is 36.9 Å². The lowest BCUT2D eigenvalue weighted by Gasteiger charge is -2.23. The third kappa shape index (κ3) is 23.9. The van der Waals surface area contributed by atoms with Crippen molar-refractivity contribution in [3.63, 3.8) is 0 Å². The van der Waals surface area contributed by atoms with Gasteiger partial charge >= 0.3 is 0 Å². The fraction of sp³-hybridized carbons (Fsp3) is 0.333. The molecule has 17 nitrogen and oxygen atoms in total. The van der Waals surface area contributed by atoms with Gasteiger partial charge in [-0.15, -0.1) is 56.7 Å². The van der Waals surface area contributed by atoms with Crippen LogP contribution in [0.15, 0.2) is 203 Å². The molecule has 0 spiro atoms. The number of aryl methyl sites for hydroxylation is 1. The number of imidazole rings is 1. The van der Waals surface area contributed by atoms with Crippen molar-refractivity contribution in [3.8, 4) is 28.7 Å². The van der Waals surface area contributed by atoms with E-state index in [1.54, 1.807) is 81.1 Å². The van der Waals surface area contributed by atoms with Crippen LogP contribution in [0, 0.1) is 0 Å². The average Bonchev–Trinajstić information content (AvgIpc) is 1.58. The molecule has 2 aliphatic carbocycles. The molecule has 0 radical (unpaired) electrons. The zero-order valence-electron chi connectivity index (χ0n) is 62.7. The third-order valence-corrected chi connectivity index (χ3v) is 23.4. The Hall–Kier alpha value is -7.73. The van der Waals surface area contributed by atoms with E-state index < -0.39 is 0 Å². The lowest BCUT2D eigenvalue weighted by Crippen LogP contribution is -2.24. The van der Waals surface area contributed by atoms with Gasteiger partial charge in [-0.3, -0.25) is 19.3 Å². The second kappa shape index (κ2) is 45.6. The van der Waals surface area contributed by atoms with E-state index in [4.69, 9.17) is 23.7 Å². The summed E-state index contributed by atoms with van der Waals surface area (Å²) in [6.45, 7) is 4.52. The number of carbonyl (C=O) groups excluding carboxylic acids is 3. The molecule has 0 unspecified atom stereocenters. The maximum absolute atomic E-state index is 12.3. The number of ether oxygens (including phenoxy) is 5. The summed E-state index contributed by atoms with van der Waals surface area (Å²) >= 11 is 8.60. The molecular weight excluding hydrogens is 1520 g/mol. The van der Waals surface area contributed by atoms with Crippen LogP contribution in [-0.4, -0.2) is 107 Å². The lowest BCUT2D eigenvalue weighted by atomic mass is 9.91. The molecule has 4 aliphatic rings. The van der Waals surface area contributed by atoms with Gasteiger partial charge in [-0.1, -0.05) is 78.9 Å². The highest BCUT2D eigenvalue weighted by Gasteiger charge is 2.36. The summed E-state index contributed by atoms with van der Waals surface area (Å²) in [4.78, 5) is 47.6. The first-order chi connectivity index (χ1) is 52.0. The molecule has 7 aromatic heterocycles. The molecule has 15 rings (SSSR count). The average molecular weight is 1620 g/mol. The minimum atomic E-state index is -0.306. The number of nitrogens with one attached hydrogen (secondary N) is 6. The Morgan fingerprint density at radius 1 is 0.431 bits per heavy atom. The molecule has 11 aromatic rings. The van der Waals surface area contributed by atoms with Crippen LogP contribution in [0.2, 0.25) is 0 Å². The van der Waals surface area contributed by atoms with Gasteiger partial charge in [0, 0.05) is 98.9 Å². The predicted octanol–water partition coefficient (Wildman–Crippen LogP) is 17.6. The van der Waals surface area contributed by atoms with Crippen molar-refractivity contribution in [2.45, 2.75) is 108 Å². The molecule has 5 atom stereocenters. The first kappa shape index (κ1) is 86.9. The van der Waals surface area contributed by atoms with E-state index in [0.717, 1.165) is 134 Å². The Balaban J connectivity index is 0.000000170. The quantitative estimate of drug-likeness (QED) is 0.0184. The molecule has 0 fully saturated rings. The largest absolute Gasteiger partial charge is 0.485 e. The van der Waals surface area contributed by atoms with Gasteiger partial charge in [-0.05, 0) is 229 Å². The van der Waals surface area contributed by atoms with Crippen LogP contribution >= 0.6 is 97.2 Å². The molecule has 0 saturated heterocycles. The van der Waals surface area contributed by atoms with Gasteiger partial charge in [-0.2, -0.15) is 40.5 Å². The Morgan fingerprint density at radius 3 is 1.33 bits per heavy atom.